The summed E-state index contributed by atoms with van der Waals surface area (Å²) in [5, 5.41) is 9.61. The summed E-state index contributed by atoms with van der Waals surface area (Å²) < 4.78 is 4.32. The highest BCUT2D eigenvalue weighted by molar-refractivity contribution is 8.00. The molecule has 2 atom stereocenters. The third-order valence-corrected chi connectivity index (χ3v) is 6.53. The molecule has 1 aliphatic heterocycles. The van der Waals surface area contributed by atoms with Crippen LogP contribution in [-0.2, 0) is 14.3 Å². The Kier molecular flexibility index (Phi) is 6.09. The molecule has 0 aliphatic carbocycles. The second kappa shape index (κ2) is 8.52. The van der Waals surface area contributed by atoms with Crippen molar-refractivity contribution in [3.63, 3.8) is 0 Å². The summed E-state index contributed by atoms with van der Waals surface area (Å²) in [7, 11) is 1.29. The molecule has 0 aromatic heterocycles. The molecule has 0 spiro atoms. The number of esters is 1. The van der Waals surface area contributed by atoms with E-state index in [0.29, 0.717) is 12.2 Å². The van der Waals surface area contributed by atoms with Gasteiger partial charge in [-0.2, -0.15) is 0 Å². The molecule has 2 aromatic carbocycles. The summed E-state index contributed by atoms with van der Waals surface area (Å²) in [6.45, 7) is 4.01. The van der Waals surface area contributed by atoms with Gasteiger partial charge in [-0.25, -0.2) is 9.59 Å². The van der Waals surface area contributed by atoms with Crippen LogP contribution in [-0.4, -0.2) is 47.5 Å². The van der Waals surface area contributed by atoms with Gasteiger partial charge in [-0.15, -0.1) is 18.3 Å². The van der Waals surface area contributed by atoms with Gasteiger partial charge in [0.15, 0.2) is 0 Å². The Labute approximate surface area is 169 Å². The van der Waals surface area contributed by atoms with E-state index >= 15 is 0 Å². The second-order valence-electron chi connectivity index (χ2n) is 6.69. The summed E-state index contributed by atoms with van der Waals surface area (Å²) in [4.78, 5) is 25.1. The van der Waals surface area contributed by atoms with Gasteiger partial charge in [0, 0.05) is 12.3 Å². The van der Waals surface area contributed by atoms with Crippen molar-refractivity contribution in [2.75, 3.05) is 19.4 Å². The molecule has 146 valence electrons. The first kappa shape index (κ1) is 20.0. The SMILES string of the molecule is C=CCSC1(c2ccc(-c3ccccc3)cc2)CC(C(=O)OC)N(C(=O)O)C1. The number of nitrogens with zero attached hydrogens (tertiary/aromatic N) is 1. The molecular weight excluding hydrogens is 374 g/mol. The lowest BCUT2D eigenvalue weighted by molar-refractivity contribution is -0.145. The monoisotopic (exact) mass is 397 g/mol. The summed E-state index contributed by atoms with van der Waals surface area (Å²) >= 11 is 1.61. The number of rotatable bonds is 6. The molecule has 0 saturated carbocycles. The molecule has 0 radical (unpaired) electrons. The minimum atomic E-state index is -1.11. The van der Waals surface area contributed by atoms with E-state index in [9.17, 15) is 14.7 Å². The summed E-state index contributed by atoms with van der Waals surface area (Å²) in [6.07, 6.45) is 1.05. The molecule has 1 fully saturated rings. The molecule has 1 N–H and O–H groups in total. The van der Waals surface area contributed by atoms with Crippen LogP contribution in [0.15, 0.2) is 67.3 Å². The van der Waals surface area contributed by atoms with Gasteiger partial charge < -0.3 is 9.84 Å². The number of carbonyl (C=O) groups is 2. The highest BCUT2D eigenvalue weighted by Crippen LogP contribution is 2.47. The lowest BCUT2D eigenvalue weighted by Crippen LogP contribution is -2.40. The molecule has 0 bridgehead atoms. The van der Waals surface area contributed by atoms with E-state index in [1.807, 2.05) is 54.6 Å². The van der Waals surface area contributed by atoms with Crippen molar-refractivity contribution in [2.45, 2.75) is 17.2 Å². The van der Waals surface area contributed by atoms with Crippen molar-refractivity contribution < 1.29 is 19.4 Å². The first-order valence-corrected chi connectivity index (χ1v) is 9.97. The molecule has 1 saturated heterocycles. The maximum Gasteiger partial charge on any atom is 0.408 e. The van der Waals surface area contributed by atoms with E-state index in [2.05, 4.69) is 6.58 Å². The predicted octanol–water partition coefficient (Wildman–Crippen LogP) is 4.39. The predicted molar refractivity (Wildman–Crippen MR) is 111 cm³/mol. The van der Waals surface area contributed by atoms with Gasteiger partial charge in [0.05, 0.1) is 11.9 Å². The van der Waals surface area contributed by atoms with Crippen LogP contribution in [0.1, 0.15) is 12.0 Å². The Hall–Kier alpha value is -2.73. The third kappa shape index (κ3) is 3.92. The normalized spacial score (nSPS) is 21.3. The average Bonchev–Trinajstić information content (AvgIpc) is 3.14. The van der Waals surface area contributed by atoms with Crippen LogP contribution in [0.4, 0.5) is 4.79 Å². The largest absolute Gasteiger partial charge is 0.467 e. The van der Waals surface area contributed by atoms with E-state index in [-0.39, 0.29) is 6.54 Å². The summed E-state index contributed by atoms with van der Waals surface area (Å²) in [5.74, 6) is 0.131. The number of hydrogen-bond acceptors (Lipinski definition) is 4. The smallest absolute Gasteiger partial charge is 0.408 e. The number of carboxylic acid groups (broad SMARTS) is 1. The van der Waals surface area contributed by atoms with Crippen LogP contribution < -0.4 is 0 Å². The Morgan fingerprint density at radius 1 is 1.21 bits per heavy atom. The van der Waals surface area contributed by atoms with Gasteiger partial charge in [0.25, 0.3) is 0 Å². The van der Waals surface area contributed by atoms with Crippen LogP contribution in [0, 0.1) is 0 Å². The molecule has 3 rings (SSSR count). The minimum Gasteiger partial charge on any atom is -0.467 e. The molecule has 1 amide bonds. The highest BCUT2D eigenvalue weighted by Gasteiger charge is 2.50. The molecule has 2 aromatic rings. The Bertz CT molecular complexity index is 853. The van der Waals surface area contributed by atoms with Gasteiger partial charge in [0.1, 0.15) is 6.04 Å². The first-order chi connectivity index (χ1) is 13.5. The van der Waals surface area contributed by atoms with Gasteiger partial charge in [-0.3, -0.25) is 4.90 Å². The Morgan fingerprint density at radius 2 is 1.86 bits per heavy atom. The fraction of sp³-hybridized carbons (Fsp3) is 0.273. The molecule has 2 unspecified atom stereocenters. The molecule has 1 aliphatic rings. The molecule has 1 heterocycles. The van der Waals surface area contributed by atoms with E-state index in [4.69, 9.17) is 4.74 Å². The molecule has 5 nitrogen and oxygen atoms in total. The van der Waals surface area contributed by atoms with Crippen LogP contribution in [0.5, 0.6) is 0 Å². The zero-order valence-corrected chi connectivity index (χ0v) is 16.5. The second-order valence-corrected chi connectivity index (χ2v) is 8.09. The first-order valence-electron chi connectivity index (χ1n) is 8.99. The van der Waals surface area contributed by atoms with Gasteiger partial charge in [0.2, 0.25) is 0 Å². The Balaban J connectivity index is 1.96. The third-order valence-electron chi connectivity index (χ3n) is 5.04. The lowest BCUT2D eigenvalue weighted by Gasteiger charge is -2.28. The van der Waals surface area contributed by atoms with Crippen LogP contribution in [0.3, 0.4) is 0 Å². The number of amides is 1. The van der Waals surface area contributed by atoms with Gasteiger partial charge in [-0.05, 0) is 23.1 Å². The summed E-state index contributed by atoms with van der Waals surface area (Å²) in [6, 6.07) is 17.4. The lowest BCUT2D eigenvalue weighted by atomic mass is 9.93. The van der Waals surface area contributed by atoms with Gasteiger partial charge >= 0.3 is 12.1 Å². The fourth-order valence-corrected chi connectivity index (χ4v) is 4.88. The topological polar surface area (TPSA) is 66.8 Å². The van der Waals surface area contributed by atoms with Crippen molar-refractivity contribution in [3.05, 3.63) is 72.8 Å². The van der Waals surface area contributed by atoms with Crippen molar-refractivity contribution in [1.29, 1.82) is 0 Å². The molecular formula is C22H23NO4S. The van der Waals surface area contributed by atoms with Gasteiger partial charge in [-0.1, -0.05) is 60.7 Å². The number of carbonyl (C=O) groups excluding carboxylic acids is 1. The van der Waals surface area contributed by atoms with Crippen molar-refractivity contribution in [2.24, 2.45) is 0 Å². The molecule has 6 heteroatoms. The Morgan fingerprint density at radius 3 is 2.43 bits per heavy atom. The fourth-order valence-electron chi connectivity index (χ4n) is 3.63. The number of ether oxygens (including phenoxy) is 1. The quantitative estimate of drug-likeness (QED) is 0.578. The standard InChI is InChI=1S/C22H23NO4S/c1-3-13-28-22(14-19(20(24)27-2)23(15-22)21(25)26)18-11-9-17(10-12-18)16-7-5-4-6-8-16/h3-12,19H,1,13-15H2,2H3,(H,25,26). The maximum absolute atomic E-state index is 12.2. The number of methoxy groups -OCH3 is 1. The average molecular weight is 397 g/mol. The minimum absolute atomic E-state index is 0.227. The number of benzene rings is 2. The zero-order chi connectivity index (χ0) is 20.1. The molecule has 28 heavy (non-hydrogen) atoms. The van der Waals surface area contributed by atoms with Crippen LogP contribution in [0.25, 0.3) is 11.1 Å². The van der Waals surface area contributed by atoms with Crippen LogP contribution >= 0.6 is 11.8 Å². The zero-order valence-electron chi connectivity index (χ0n) is 15.7. The van der Waals surface area contributed by atoms with Crippen molar-refractivity contribution in [3.8, 4) is 11.1 Å². The highest BCUT2D eigenvalue weighted by atomic mass is 32.2. The van der Waals surface area contributed by atoms with E-state index in [1.54, 1.807) is 17.8 Å². The van der Waals surface area contributed by atoms with Crippen LogP contribution in [0.2, 0.25) is 0 Å². The number of thioether (sulfide) groups is 1. The van der Waals surface area contributed by atoms with E-state index < -0.39 is 22.9 Å². The summed E-state index contributed by atoms with van der Waals surface area (Å²) in [5.41, 5.74) is 3.20. The van der Waals surface area contributed by atoms with Crippen molar-refractivity contribution in [1.82, 2.24) is 4.90 Å². The number of likely N-dealkylation sites (tertiary alicyclic amines) is 1. The number of hydrogen-bond donors (Lipinski definition) is 1. The van der Waals surface area contributed by atoms with E-state index in [0.717, 1.165) is 16.7 Å². The maximum atomic E-state index is 12.2. The van der Waals surface area contributed by atoms with Crippen molar-refractivity contribution >= 4 is 23.8 Å². The van der Waals surface area contributed by atoms with E-state index in [1.165, 1.54) is 12.0 Å².